The predicted octanol–water partition coefficient (Wildman–Crippen LogP) is 1.15. The van der Waals surface area contributed by atoms with E-state index in [4.69, 9.17) is 0 Å². The van der Waals surface area contributed by atoms with Gasteiger partial charge in [-0.3, -0.25) is 9.59 Å². The summed E-state index contributed by atoms with van der Waals surface area (Å²) >= 11 is 0. The lowest BCUT2D eigenvalue weighted by molar-refractivity contribution is -0.143. The number of benzene rings is 1. The predicted molar refractivity (Wildman–Crippen MR) is 79.3 cm³/mol. The summed E-state index contributed by atoms with van der Waals surface area (Å²) in [5.41, 5.74) is 2.05. The van der Waals surface area contributed by atoms with Crippen LogP contribution in [0.1, 0.15) is 23.7 Å². The SMILES string of the molecule is CC1CC(C(=O)O)CN(C(=O)c2ccc3nnn(C)c3c2)C1. The molecule has 2 atom stereocenters. The molecule has 7 heteroatoms. The first kappa shape index (κ1) is 14.5. The number of likely N-dealkylation sites (tertiary alicyclic amines) is 1. The van der Waals surface area contributed by atoms with E-state index >= 15 is 0 Å². The highest BCUT2D eigenvalue weighted by Gasteiger charge is 2.32. The number of amides is 1. The van der Waals surface area contributed by atoms with Crippen LogP contribution in [0, 0.1) is 11.8 Å². The van der Waals surface area contributed by atoms with E-state index in [9.17, 15) is 14.7 Å². The van der Waals surface area contributed by atoms with Crippen molar-refractivity contribution >= 4 is 22.9 Å². The lowest BCUT2D eigenvalue weighted by Gasteiger charge is -2.34. The maximum atomic E-state index is 12.7. The smallest absolute Gasteiger partial charge is 0.308 e. The van der Waals surface area contributed by atoms with Gasteiger partial charge in [-0.2, -0.15) is 0 Å². The summed E-state index contributed by atoms with van der Waals surface area (Å²) in [7, 11) is 1.77. The van der Waals surface area contributed by atoms with Crippen LogP contribution in [0.3, 0.4) is 0 Å². The number of aromatic nitrogens is 3. The van der Waals surface area contributed by atoms with Crippen molar-refractivity contribution in [3.8, 4) is 0 Å². The third-order valence-corrected chi connectivity index (χ3v) is 4.15. The Labute approximate surface area is 127 Å². The van der Waals surface area contributed by atoms with Crippen molar-refractivity contribution in [3.63, 3.8) is 0 Å². The van der Waals surface area contributed by atoms with E-state index < -0.39 is 11.9 Å². The zero-order chi connectivity index (χ0) is 15.9. The van der Waals surface area contributed by atoms with Crippen molar-refractivity contribution in [2.24, 2.45) is 18.9 Å². The average Bonchev–Trinajstić information content (AvgIpc) is 2.86. The van der Waals surface area contributed by atoms with Gasteiger partial charge in [0.1, 0.15) is 5.52 Å². The highest BCUT2D eigenvalue weighted by atomic mass is 16.4. The molecule has 1 amide bonds. The molecule has 1 aliphatic heterocycles. The number of carbonyl (C=O) groups is 2. The van der Waals surface area contributed by atoms with Gasteiger partial charge in [-0.1, -0.05) is 12.1 Å². The van der Waals surface area contributed by atoms with Crippen molar-refractivity contribution in [2.75, 3.05) is 13.1 Å². The summed E-state index contributed by atoms with van der Waals surface area (Å²) in [6, 6.07) is 5.23. The minimum absolute atomic E-state index is 0.138. The summed E-state index contributed by atoms with van der Waals surface area (Å²) < 4.78 is 1.62. The Morgan fingerprint density at radius 2 is 2.09 bits per heavy atom. The number of hydrogen-bond acceptors (Lipinski definition) is 4. The third-order valence-electron chi connectivity index (χ3n) is 4.15. The van der Waals surface area contributed by atoms with E-state index in [1.165, 1.54) is 0 Å². The van der Waals surface area contributed by atoms with E-state index in [0.29, 0.717) is 18.5 Å². The van der Waals surface area contributed by atoms with E-state index in [-0.39, 0.29) is 18.4 Å². The molecule has 116 valence electrons. The molecule has 1 aliphatic rings. The Morgan fingerprint density at radius 3 is 2.82 bits per heavy atom. The second-order valence-electron chi connectivity index (χ2n) is 6.00. The Kier molecular flexibility index (Phi) is 3.56. The van der Waals surface area contributed by atoms with Crippen molar-refractivity contribution in [1.82, 2.24) is 19.9 Å². The Morgan fingerprint density at radius 1 is 1.32 bits per heavy atom. The molecule has 0 spiro atoms. The molecule has 2 heterocycles. The Bertz CT molecular complexity index is 739. The fraction of sp³-hybridized carbons (Fsp3) is 0.467. The molecule has 22 heavy (non-hydrogen) atoms. The molecule has 2 unspecified atom stereocenters. The molecule has 1 saturated heterocycles. The van der Waals surface area contributed by atoms with Crippen molar-refractivity contribution in [2.45, 2.75) is 13.3 Å². The van der Waals surface area contributed by atoms with Crippen LogP contribution in [-0.4, -0.2) is 50.0 Å². The zero-order valence-corrected chi connectivity index (χ0v) is 12.6. The molecule has 1 aromatic carbocycles. The van der Waals surface area contributed by atoms with Gasteiger partial charge in [-0.05, 0) is 30.5 Å². The molecule has 0 aliphatic carbocycles. The van der Waals surface area contributed by atoms with E-state index in [1.54, 1.807) is 34.8 Å². The molecule has 7 nitrogen and oxygen atoms in total. The molecule has 1 fully saturated rings. The Hall–Kier alpha value is -2.44. The second kappa shape index (κ2) is 5.40. The number of rotatable bonds is 2. The van der Waals surface area contributed by atoms with Crippen LogP contribution in [0.2, 0.25) is 0 Å². The minimum Gasteiger partial charge on any atom is -0.481 e. The minimum atomic E-state index is -0.837. The van der Waals surface area contributed by atoms with Crippen LogP contribution in [0.15, 0.2) is 18.2 Å². The first-order chi connectivity index (χ1) is 10.5. The number of fused-ring (bicyclic) bond motifs is 1. The quantitative estimate of drug-likeness (QED) is 0.899. The number of carbonyl (C=O) groups excluding carboxylic acids is 1. The van der Waals surface area contributed by atoms with Gasteiger partial charge in [-0.25, -0.2) is 4.68 Å². The van der Waals surface area contributed by atoms with Gasteiger partial charge in [0.2, 0.25) is 0 Å². The van der Waals surface area contributed by atoms with Gasteiger partial charge < -0.3 is 10.0 Å². The molecule has 1 aromatic heterocycles. The van der Waals surface area contributed by atoms with Crippen LogP contribution in [0.5, 0.6) is 0 Å². The molecule has 1 N–H and O–H groups in total. The highest BCUT2D eigenvalue weighted by molar-refractivity contribution is 5.97. The lowest BCUT2D eigenvalue weighted by atomic mass is 9.90. The van der Waals surface area contributed by atoms with Crippen molar-refractivity contribution < 1.29 is 14.7 Å². The van der Waals surface area contributed by atoms with Gasteiger partial charge in [0.25, 0.3) is 5.91 Å². The molecular weight excluding hydrogens is 284 g/mol. The maximum Gasteiger partial charge on any atom is 0.308 e. The first-order valence-corrected chi connectivity index (χ1v) is 7.27. The molecule has 0 saturated carbocycles. The van der Waals surface area contributed by atoms with E-state index in [0.717, 1.165) is 11.0 Å². The van der Waals surface area contributed by atoms with Crippen LogP contribution >= 0.6 is 0 Å². The van der Waals surface area contributed by atoms with Gasteiger partial charge in [0, 0.05) is 25.7 Å². The second-order valence-corrected chi connectivity index (χ2v) is 6.00. The molecule has 0 radical (unpaired) electrons. The van der Waals surface area contributed by atoms with Gasteiger partial charge in [-0.15, -0.1) is 5.10 Å². The number of carboxylic acid groups (broad SMARTS) is 1. The summed E-state index contributed by atoms with van der Waals surface area (Å²) in [5, 5.41) is 17.1. The van der Waals surface area contributed by atoms with Crippen LogP contribution < -0.4 is 0 Å². The molecule has 3 rings (SSSR count). The number of aliphatic carboxylic acids is 1. The number of hydrogen-bond donors (Lipinski definition) is 1. The van der Waals surface area contributed by atoms with Crippen LogP contribution in [-0.2, 0) is 11.8 Å². The van der Waals surface area contributed by atoms with Gasteiger partial charge in [0.05, 0.1) is 11.4 Å². The normalized spacial score (nSPS) is 22.0. The summed E-state index contributed by atoms with van der Waals surface area (Å²) in [4.78, 5) is 25.5. The number of piperidine rings is 1. The van der Waals surface area contributed by atoms with Crippen LogP contribution in [0.4, 0.5) is 0 Å². The van der Waals surface area contributed by atoms with Crippen molar-refractivity contribution in [1.29, 1.82) is 0 Å². The number of nitrogens with zero attached hydrogens (tertiary/aromatic N) is 4. The third kappa shape index (κ3) is 2.54. The fourth-order valence-electron chi connectivity index (χ4n) is 3.04. The monoisotopic (exact) mass is 302 g/mol. The van der Waals surface area contributed by atoms with E-state index in [1.807, 2.05) is 6.92 Å². The lowest BCUT2D eigenvalue weighted by Crippen LogP contribution is -2.45. The Balaban J connectivity index is 1.87. The molecule has 0 bridgehead atoms. The summed E-state index contributed by atoms with van der Waals surface area (Å²) in [6.45, 7) is 2.83. The fourth-order valence-corrected chi connectivity index (χ4v) is 3.04. The average molecular weight is 302 g/mol. The molecular formula is C15H18N4O3. The summed E-state index contributed by atoms with van der Waals surface area (Å²) in [6.07, 6.45) is 0.615. The maximum absolute atomic E-state index is 12.7. The topological polar surface area (TPSA) is 88.3 Å². The number of carboxylic acids is 1. The van der Waals surface area contributed by atoms with Crippen molar-refractivity contribution in [3.05, 3.63) is 23.8 Å². The standard InChI is InChI=1S/C15H18N4O3/c1-9-5-11(15(21)22)8-19(7-9)14(20)10-3-4-12-13(6-10)18(2)17-16-12/h3-4,6,9,11H,5,7-8H2,1-2H3,(H,21,22). The van der Waals surface area contributed by atoms with Gasteiger partial charge in [0.15, 0.2) is 0 Å². The number of aryl methyl sites for hydroxylation is 1. The van der Waals surface area contributed by atoms with E-state index in [2.05, 4.69) is 10.3 Å². The molecule has 2 aromatic rings. The zero-order valence-electron chi connectivity index (χ0n) is 12.6. The van der Waals surface area contributed by atoms with Crippen LogP contribution in [0.25, 0.3) is 11.0 Å². The highest BCUT2D eigenvalue weighted by Crippen LogP contribution is 2.24. The first-order valence-electron chi connectivity index (χ1n) is 7.27. The summed E-state index contributed by atoms with van der Waals surface area (Å²) in [5.74, 6) is -1.28. The van der Waals surface area contributed by atoms with Gasteiger partial charge >= 0.3 is 5.97 Å². The largest absolute Gasteiger partial charge is 0.481 e.